The van der Waals surface area contributed by atoms with Crippen LogP contribution in [0.3, 0.4) is 0 Å². The lowest BCUT2D eigenvalue weighted by atomic mass is 10.0. The van der Waals surface area contributed by atoms with Gasteiger partial charge in [-0.15, -0.1) is 0 Å². The average Bonchev–Trinajstić information content (AvgIpc) is 2.94. The van der Waals surface area contributed by atoms with Crippen LogP contribution < -0.4 is 15.8 Å². The van der Waals surface area contributed by atoms with Gasteiger partial charge in [-0.25, -0.2) is 13.8 Å². The maximum atomic E-state index is 13.8. The summed E-state index contributed by atoms with van der Waals surface area (Å²) in [5.74, 6) is -3.83. The van der Waals surface area contributed by atoms with Crippen molar-refractivity contribution in [3.63, 3.8) is 0 Å². The summed E-state index contributed by atoms with van der Waals surface area (Å²) >= 11 is 0. The van der Waals surface area contributed by atoms with E-state index in [2.05, 4.69) is 15.3 Å². The van der Waals surface area contributed by atoms with Gasteiger partial charge in [0.05, 0.1) is 16.8 Å². The number of nitrogens with two attached hydrogens (primary N) is 1. The van der Waals surface area contributed by atoms with E-state index in [9.17, 15) is 31.5 Å². The maximum absolute atomic E-state index is 13.8. The highest BCUT2D eigenvalue weighted by Crippen LogP contribution is 2.38. The number of pyridine rings is 2. The first kappa shape index (κ1) is 29.4. The number of hydrogen-bond acceptors (Lipinski definition) is 6. The van der Waals surface area contributed by atoms with Crippen molar-refractivity contribution in [2.45, 2.75) is 31.5 Å². The molecular formula is C28H26F5N5O3. The summed E-state index contributed by atoms with van der Waals surface area (Å²) in [7, 11) is 0. The largest absolute Gasteiger partial charge is 0.489 e. The topological polar surface area (TPSA) is 110 Å². The van der Waals surface area contributed by atoms with Gasteiger partial charge in [-0.1, -0.05) is 6.07 Å². The van der Waals surface area contributed by atoms with Gasteiger partial charge in [0, 0.05) is 56.5 Å². The summed E-state index contributed by atoms with van der Waals surface area (Å²) in [6.45, 7) is -0.287. The zero-order chi connectivity index (χ0) is 29.6. The van der Waals surface area contributed by atoms with E-state index in [1.807, 2.05) is 0 Å². The molecule has 1 aromatic carbocycles. The first-order chi connectivity index (χ1) is 19.4. The smallest absolute Gasteiger partial charge is 0.419 e. The molecule has 2 aromatic heterocycles. The Balaban J connectivity index is 1.37. The van der Waals surface area contributed by atoms with Crippen molar-refractivity contribution in [3.8, 4) is 17.0 Å². The van der Waals surface area contributed by atoms with Crippen molar-refractivity contribution in [2.75, 3.05) is 25.4 Å². The lowest BCUT2D eigenvalue weighted by molar-refractivity contribution is -0.138. The number of ether oxygens (including phenoxy) is 1. The number of carbonyl (C=O) groups excluding carboxylic acids is 2. The van der Waals surface area contributed by atoms with E-state index in [1.165, 1.54) is 41.6 Å². The van der Waals surface area contributed by atoms with Gasteiger partial charge in [0.15, 0.2) is 0 Å². The van der Waals surface area contributed by atoms with Gasteiger partial charge in [0.1, 0.15) is 18.2 Å². The fourth-order valence-electron chi connectivity index (χ4n) is 4.03. The van der Waals surface area contributed by atoms with Crippen LogP contribution in [0.2, 0.25) is 0 Å². The molecule has 1 aliphatic rings. The fourth-order valence-corrected chi connectivity index (χ4v) is 4.03. The monoisotopic (exact) mass is 575 g/mol. The second kappa shape index (κ2) is 12.3. The molecule has 1 fully saturated rings. The van der Waals surface area contributed by atoms with Crippen molar-refractivity contribution in [1.82, 2.24) is 20.2 Å². The number of alkyl halides is 5. The Kier molecular flexibility index (Phi) is 8.84. The number of likely N-dealkylation sites (tertiary alicyclic amines) is 1. The number of nitrogens with zero attached hydrogens (tertiary/aromatic N) is 3. The Labute approximate surface area is 232 Å². The number of piperidine rings is 1. The number of benzene rings is 1. The van der Waals surface area contributed by atoms with Gasteiger partial charge in [-0.05, 0) is 48.0 Å². The molecule has 8 nitrogen and oxygen atoms in total. The van der Waals surface area contributed by atoms with Gasteiger partial charge < -0.3 is 20.7 Å². The summed E-state index contributed by atoms with van der Waals surface area (Å²) in [4.78, 5) is 33.9. The summed E-state index contributed by atoms with van der Waals surface area (Å²) in [6, 6.07) is 9.49. The summed E-state index contributed by atoms with van der Waals surface area (Å²) in [5.41, 5.74) is 5.64. The number of nitrogen functional groups attached to an aromatic ring is 1. The number of anilines is 1. The molecule has 2 amide bonds. The zero-order valence-electron chi connectivity index (χ0n) is 21.6. The Morgan fingerprint density at radius 3 is 2.44 bits per heavy atom. The molecule has 1 aliphatic heterocycles. The number of carbonyl (C=O) groups is 2. The molecule has 0 unspecified atom stereocenters. The minimum Gasteiger partial charge on any atom is -0.489 e. The number of nitrogens with one attached hydrogen (secondary N) is 1. The molecule has 4 rings (SSSR count). The lowest BCUT2D eigenvalue weighted by Crippen LogP contribution is -2.42. The number of halogens is 5. The third-order valence-corrected chi connectivity index (χ3v) is 6.29. The molecule has 41 heavy (non-hydrogen) atoms. The van der Waals surface area contributed by atoms with E-state index in [0.717, 1.165) is 23.8 Å². The Hall–Kier alpha value is -4.55. The fraction of sp³-hybridized carbons (Fsp3) is 0.286. The van der Waals surface area contributed by atoms with Crippen molar-refractivity contribution in [3.05, 3.63) is 83.7 Å². The molecule has 3 aromatic rings. The molecular weight excluding hydrogens is 549 g/mol. The first-order valence-corrected chi connectivity index (χ1v) is 12.5. The van der Waals surface area contributed by atoms with Crippen LogP contribution in [0, 0.1) is 0 Å². The van der Waals surface area contributed by atoms with E-state index < -0.39 is 48.1 Å². The highest BCUT2D eigenvalue weighted by molar-refractivity contribution is 5.94. The third-order valence-electron chi connectivity index (χ3n) is 6.29. The number of hydrogen-bond donors (Lipinski definition) is 2. The van der Waals surface area contributed by atoms with Crippen LogP contribution in [-0.2, 0) is 17.5 Å². The van der Waals surface area contributed by atoms with Gasteiger partial charge in [-0.2, -0.15) is 13.2 Å². The van der Waals surface area contributed by atoms with Crippen LogP contribution in [0.4, 0.5) is 27.8 Å². The highest BCUT2D eigenvalue weighted by Gasteiger charge is 2.36. The summed E-state index contributed by atoms with van der Waals surface area (Å²) < 4.78 is 73.4. The molecule has 0 radical (unpaired) electrons. The molecule has 0 saturated carbocycles. The third kappa shape index (κ3) is 7.99. The SMILES string of the molecule is Nc1ccc(CNC(=O)/C=C\COc2ccc(-c3ccc(C(=O)N4CCC(F)(F)CC4)cn3)cc2C(F)(F)F)cn1. The first-order valence-electron chi connectivity index (χ1n) is 12.5. The molecule has 0 atom stereocenters. The highest BCUT2D eigenvalue weighted by atomic mass is 19.4. The van der Waals surface area contributed by atoms with Crippen LogP contribution in [0.5, 0.6) is 5.75 Å². The molecule has 1 saturated heterocycles. The van der Waals surface area contributed by atoms with E-state index >= 15 is 0 Å². The van der Waals surface area contributed by atoms with Crippen molar-refractivity contribution in [2.24, 2.45) is 0 Å². The predicted octanol–water partition coefficient (Wildman–Crippen LogP) is 4.87. The van der Waals surface area contributed by atoms with Gasteiger partial charge >= 0.3 is 6.18 Å². The Morgan fingerprint density at radius 2 is 1.80 bits per heavy atom. The quantitative estimate of drug-likeness (QED) is 0.293. The second-order valence-corrected chi connectivity index (χ2v) is 9.31. The van der Waals surface area contributed by atoms with Crippen LogP contribution in [0.1, 0.15) is 34.3 Å². The average molecular weight is 576 g/mol. The number of amides is 2. The van der Waals surface area contributed by atoms with Crippen LogP contribution in [-0.4, -0.2) is 52.3 Å². The predicted molar refractivity (Wildman–Crippen MR) is 140 cm³/mol. The van der Waals surface area contributed by atoms with E-state index in [0.29, 0.717) is 5.82 Å². The van der Waals surface area contributed by atoms with E-state index in [1.54, 1.807) is 12.1 Å². The molecule has 0 aliphatic carbocycles. The normalized spacial score (nSPS) is 15.1. The number of rotatable bonds is 8. The number of aromatic nitrogens is 2. The molecule has 3 heterocycles. The molecule has 0 bridgehead atoms. The minimum atomic E-state index is -4.74. The van der Waals surface area contributed by atoms with Crippen LogP contribution in [0.15, 0.2) is 67.0 Å². The van der Waals surface area contributed by atoms with E-state index in [-0.39, 0.29) is 43.1 Å². The zero-order valence-corrected chi connectivity index (χ0v) is 21.6. The van der Waals surface area contributed by atoms with Crippen molar-refractivity contribution >= 4 is 17.6 Å². The van der Waals surface area contributed by atoms with Crippen molar-refractivity contribution in [1.29, 1.82) is 0 Å². The van der Waals surface area contributed by atoms with Crippen LogP contribution >= 0.6 is 0 Å². The second-order valence-electron chi connectivity index (χ2n) is 9.31. The maximum Gasteiger partial charge on any atom is 0.419 e. The molecule has 216 valence electrons. The lowest BCUT2D eigenvalue weighted by Gasteiger charge is -2.31. The van der Waals surface area contributed by atoms with Crippen molar-refractivity contribution < 1.29 is 36.3 Å². The molecule has 13 heteroatoms. The minimum absolute atomic E-state index is 0.0921. The van der Waals surface area contributed by atoms with Gasteiger partial charge in [0.2, 0.25) is 5.91 Å². The summed E-state index contributed by atoms with van der Waals surface area (Å²) in [5, 5.41) is 2.61. The molecule has 3 N–H and O–H groups in total. The Morgan fingerprint density at radius 1 is 1.05 bits per heavy atom. The van der Waals surface area contributed by atoms with E-state index in [4.69, 9.17) is 10.5 Å². The Bertz CT molecular complexity index is 1400. The molecule has 0 spiro atoms. The van der Waals surface area contributed by atoms with Crippen LogP contribution in [0.25, 0.3) is 11.3 Å². The summed E-state index contributed by atoms with van der Waals surface area (Å²) in [6.07, 6.45) is -0.447. The van der Waals surface area contributed by atoms with Gasteiger partial charge in [0.25, 0.3) is 11.8 Å². The van der Waals surface area contributed by atoms with Gasteiger partial charge in [-0.3, -0.25) is 14.6 Å². The standard InChI is InChI=1S/C28H26F5N5O3/c29-27(30)9-11-38(12-10-27)26(40)20-4-6-22(35-17-20)19-5-7-23(21(14-19)28(31,32)33)41-13-1-2-25(39)37-16-18-3-8-24(34)36-15-18/h1-8,14-15,17H,9-13,16H2,(H2,34,36)(H,37,39)/b2-1-.